The third kappa shape index (κ3) is 1.73. The van der Waals surface area contributed by atoms with Crippen LogP contribution < -0.4 is 4.74 Å². The summed E-state index contributed by atoms with van der Waals surface area (Å²) in [4.78, 5) is 4.70. The van der Waals surface area contributed by atoms with Crippen molar-refractivity contribution in [2.24, 2.45) is 0 Å². The Labute approximate surface area is 111 Å². The predicted molar refractivity (Wildman–Crippen MR) is 73.6 cm³/mol. The van der Waals surface area contributed by atoms with Crippen molar-refractivity contribution in [1.29, 1.82) is 0 Å². The van der Waals surface area contributed by atoms with Gasteiger partial charge in [0.15, 0.2) is 5.65 Å². The molecule has 0 saturated heterocycles. The van der Waals surface area contributed by atoms with Gasteiger partial charge in [0.05, 0.1) is 18.3 Å². The van der Waals surface area contributed by atoms with Crippen LogP contribution >= 0.6 is 0 Å². The fraction of sp³-hybridized carbons (Fsp3) is 0.357. The SMILES string of the molecule is CCCc1ccc(OC)c2c1nc(C)c1nncn12. The zero-order valence-corrected chi connectivity index (χ0v) is 11.3. The van der Waals surface area contributed by atoms with Gasteiger partial charge in [0.2, 0.25) is 0 Å². The maximum Gasteiger partial charge on any atom is 0.182 e. The van der Waals surface area contributed by atoms with Gasteiger partial charge in [0.1, 0.15) is 17.6 Å². The topological polar surface area (TPSA) is 52.3 Å². The van der Waals surface area contributed by atoms with E-state index in [4.69, 9.17) is 9.72 Å². The van der Waals surface area contributed by atoms with Gasteiger partial charge in [-0.2, -0.15) is 0 Å². The average molecular weight is 256 g/mol. The Morgan fingerprint density at radius 1 is 1.32 bits per heavy atom. The van der Waals surface area contributed by atoms with E-state index < -0.39 is 0 Å². The number of aryl methyl sites for hydroxylation is 2. The van der Waals surface area contributed by atoms with E-state index >= 15 is 0 Å². The van der Waals surface area contributed by atoms with E-state index in [1.807, 2.05) is 17.4 Å². The average Bonchev–Trinajstić information content (AvgIpc) is 2.90. The summed E-state index contributed by atoms with van der Waals surface area (Å²) in [6, 6.07) is 4.08. The van der Waals surface area contributed by atoms with Crippen LogP contribution in [0, 0.1) is 6.92 Å². The molecule has 1 aromatic carbocycles. The lowest BCUT2D eigenvalue weighted by Crippen LogP contribution is -2.00. The molecule has 5 nitrogen and oxygen atoms in total. The normalized spacial score (nSPS) is 11.3. The number of hydrogen-bond donors (Lipinski definition) is 0. The molecule has 3 rings (SSSR count). The van der Waals surface area contributed by atoms with Crippen LogP contribution in [0.1, 0.15) is 24.6 Å². The highest BCUT2D eigenvalue weighted by atomic mass is 16.5. The van der Waals surface area contributed by atoms with Crippen LogP contribution in [0.3, 0.4) is 0 Å². The van der Waals surface area contributed by atoms with E-state index in [9.17, 15) is 0 Å². The molecule has 0 spiro atoms. The zero-order chi connectivity index (χ0) is 13.4. The summed E-state index contributed by atoms with van der Waals surface area (Å²) in [5.74, 6) is 0.798. The van der Waals surface area contributed by atoms with Gasteiger partial charge in [-0.05, 0) is 25.0 Å². The fourth-order valence-corrected chi connectivity index (χ4v) is 2.46. The van der Waals surface area contributed by atoms with Gasteiger partial charge in [-0.3, -0.25) is 4.40 Å². The first-order chi connectivity index (χ1) is 9.26. The van der Waals surface area contributed by atoms with Gasteiger partial charge in [-0.15, -0.1) is 10.2 Å². The van der Waals surface area contributed by atoms with E-state index in [2.05, 4.69) is 23.2 Å². The van der Waals surface area contributed by atoms with Crippen molar-refractivity contribution < 1.29 is 4.74 Å². The monoisotopic (exact) mass is 256 g/mol. The summed E-state index contributed by atoms with van der Waals surface area (Å²) in [5, 5.41) is 8.10. The molecule has 2 heterocycles. The second kappa shape index (κ2) is 4.50. The highest BCUT2D eigenvalue weighted by molar-refractivity contribution is 5.87. The Bertz CT molecular complexity index is 748. The minimum Gasteiger partial charge on any atom is -0.494 e. The molecule has 0 bridgehead atoms. The predicted octanol–water partition coefficient (Wildman–Crippen LogP) is 2.55. The molecule has 98 valence electrons. The van der Waals surface area contributed by atoms with Crippen LogP contribution in [-0.2, 0) is 6.42 Å². The van der Waals surface area contributed by atoms with E-state index in [1.165, 1.54) is 5.56 Å². The fourth-order valence-electron chi connectivity index (χ4n) is 2.46. The molecule has 0 atom stereocenters. The third-order valence-electron chi connectivity index (χ3n) is 3.33. The van der Waals surface area contributed by atoms with Gasteiger partial charge >= 0.3 is 0 Å². The van der Waals surface area contributed by atoms with Crippen molar-refractivity contribution in [1.82, 2.24) is 19.6 Å². The van der Waals surface area contributed by atoms with Crippen molar-refractivity contribution in [3.05, 3.63) is 29.7 Å². The van der Waals surface area contributed by atoms with Crippen LogP contribution in [0.4, 0.5) is 0 Å². The number of hydrogen-bond acceptors (Lipinski definition) is 4. The second-order valence-corrected chi connectivity index (χ2v) is 4.60. The Kier molecular flexibility index (Phi) is 2.81. The molecule has 2 aromatic heterocycles. The maximum atomic E-state index is 5.46. The summed E-state index contributed by atoms with van der Waals surface area (Å²) in [5.41, 5.74) is 4.82. The highest BCUT2D eigenvalue weighted by Gasteiger charge is 2.14. The number of ether oxygens (including phenoxy) is 1. The largest absolute Gasteiger partial charge is 0.494 e. The van der Waals surface area contributed by atoms with E-state index in [-0.39, 0.29) is 0 Å². The van der Waals surface area contributed by atoms with Crippen LogP contribution in [-0.4, -0.2) is 26.7 Å². The van der Waals surface area contributed by atoms with E-state index in [0.717, 1.165) is 41.0 Å². The van der Waals surface area contributed by atoms with Crippen molar-refractivity contribution in [2.75, 3.05) is 7.11 Å². The summed E-state index contributed by atoms with van der Waals surface area (Å²) in [6.45, 7) is 4.12. The lowest BCUT2D eigenvalue weighted by atomic mass is 10.1. The molecule has 0 fully saturated rings. The first kappa shape index (κ1) is 11.9. The van der Waals surface area contributed by atoms with Crippen molar-refractivity contribution in [3.8, 4) is 5.75 Å². The number of benzene rings is 1. The van der Waals surface area contributed by atoms with Crippen molar-refractivity contribution >= 4 is 16.7 Å². The Morgan fingerprint density at radius 2 is 2.16 bits per heavy atom. The molecule has 0 aliphatic carbocycles. The van der Waals surface area contributed by atoms with Crippen LogP contribution in [0.25, 0.3) is 16.7 Å². The van der Waals surface area contributed by atoms with Crippen LogP contribution in [0.5, 0.6) is 5.75 Å². The zero-order valence-electron chi connectivity index (χ0n) is 11.3. The number of aromatic nitrogens is 4. The first-order valence-corrected chi connectivity index (χ1v) is 6.42. The van der Waals surface area contributed by atoms with Gasteiger partial charge in [-0.25, -0.2) is 4.98 Å². The van der Waals surface area contributed by atoms with Gasteiger partial charge < -0.3 is 4.74 Å². The summed E-state index contributed by atoms with van der Waals surface area (Å²) < 4.78 is 7.42. The van der Waals surface area contributed by atoms with Gasteiger partial charge in [-0.1, -0.05) is 19.4 Å². The molecule has 0 saturated carbocycles. The Hall–Kier alpha value is -2.17. The summed E-state index contributed by atoms with van der Waals surface area (Å²) in [6.07, 6.45) is 3.80. The molecule has 3 aromatic rings. The summed E-state index contributed by atoms with van der Waals surface area (Å²) >= 11 is 0. The van der Waals surface area contributed by atoms with E-state index in [0.29, 0.717) is 0 Å². The number of rotatable bonds is 3. The quantitative estimate of drug-likeness (QED) is 0.722. The second-order valence-electron chi connectivity index (χ2n) is 4.60. The molecule has 0 N–H and O–H groups in total. The number of fused-ring (bicyclic) bond motifs is 3. The first-order valence-electron chi connectivity index (χ1n) is 6.42. The number of nitrogens with zero attached hydrogens (tertiary/aromatic N) is 4. The third-order valence-corrected chi connectivity index (χ3v) is 3.33. The Balaban J connectivity index is 2.48. The number of methoxy groups -OCH3 is 1. The molecule has 0 aliphatic rings. The lowest BCUT2D eigenvalue weighted by molar-refractivity contribution is 0.418. The van der Waals surface area contributed by atoms with E-state index in [1.54, 1.807) is 13.4 Å². The smallest absolute Gasteiger partial charge is 0.182 e. The van der Waals surface area contributed by atoms with Crippen LogP contribution in [0.2, 0.25) is 0 Å². The van der Waals surface area contributed by atoms with Crippen molar-refractivity contribution in [3.63, 3.8) is 0 Å². The lowest BCUT2D eigenvalue weighted by Gasteiger charge is -2.11. The Morgan fingerprint density at radius 3 is 2.89 bits per heavy atom. The molecule has 0 amide bonds. The minimum absolute atomic E-state index is 0.777. The standard InChI is InChI=1S/C14H16N4O/c1-4-5-10-6-7-11(19-3)13-12(10)16-9(2)14-17-15-8-18(13)14/h6-8H,4-5H2,1-3H3. The molecular weight excluding hydrogens is 240 g/mol. The van der Waals surface area contributed by atoms with Crippen molar-refractivity contribution in [2.45, 2.75) is 26.7 Å². The molecule has 19 heavy (non-hydrogen) atoms. The molecule has 5 heteroatoms. The van der Waals surface area contributed by atoms with Gasteiger partial charge in [0.25, 0.3) is 0 Å². The summed E-state index contributed by atoms with van der Waals surface area (Å²) in [7, 11) is 1.67. The van der Waals surface area contributed by atoms with Crippen LogP contribution in [0.15, 0.2) is 18.5 Å². The highest BCUT2D eigenvalue weighted by Crippen LogP contribution is 2.29. The minimum atomic E-state index is 0.777. The molecular formula is C14H16N4O. The maximum absolute atomic E-state index is 5.46. The molecule has 0 aliphatic heterocycles. The molecule has 0 radical (unpaired) electrons. The van der Waals surface area contributed by atoms with Gasteiger partial charge in [0, 0.05) is 0 Å². The molecule has 0 unspecified atom stereocenters.